The van der Waals surface area contributed by atoms with Gasteiger partial charge in [-0.25, -0.2) is 4.79 Å². The Morgan fingerprint density at radius 1 is 0.816 bits per heavy atom. The van der Waals surface area contributed by atoms with Crippen molar-refractivity contribution in [3.8, 4) is 5.75 Å². The smallest absolute Gasteiger partial charge is 0.328 e. The van der Waals surface area contributed by atoms with Crippen molar-refractivity contribution in [2.75, 3.05) is 18.6 Å². The van der Waals surface area contributed by atoms with Crippen LogP contribution in [-0.4, -0.2) is 81.8 Å². The standard InChI is InChI=1S/C26H34N4O7S/c1-38-12-11-20(28-23(33)19(27)13-16-5-3-2-4-6-16)24(34)29-21(14-17-7-9-18(32)10-8-17)25(35)30-22(15-31)26(36)37/h2-10,19-22,31-32H,11-15,27H2,1H3,(H,28,33)(H,29,34)(H,30,35)(H,36,37). The van der Waals surface area contributed by atoms with Crippen molar-refractivity contribution in [2.24, 2.45) is 5.73 Å². The summed E-state index contributed by atoms with van der Waals surface area (Å²) >= 11 is 1.47. The third-order valence-corrected chi connectivity index (χ3v) is 6.33. The third kappa shape index (κ3) is 10.0. The number of hydrogen-bond donors (Lipinski definition) is 7. The summed E-state index contributed by atoms with van der Waals surface area (Å²) in [5.74, 6) is -2.89. The predicted octanol–water partition coefficient (Wildman–Crippen LogP) is -0.211. The van der Waals surface area contributed by atoms with Crippen molar-refractivity contribution in [1.82, 2.24) is 16.0 Å². The second kappa shape index (κ2) is 15.6. The van der Waals surface area contributed by atoms with Gasteiger partial charge in [0.25, 0.3) is 0 Å². The van der Waals surface area contributed by atoms with Crippen molar-refractivity contribution in [3.63, 3.8) is 0 Å². The van der Waals surface area contributed by atoms with Crippen LogP contribution in [0.3, 0.4) is 0 Å². The second-order valence-corrected chi connectivity index (χ2v) is 9.64. The molecule has 0 aliphatic rings. The van der Waals surface area contributed by atoms with Crippen LogP contribution in [0, 0.1) is 0 Å². The minimum atomic E-state index is -1.57. The number of thioether (sulfide) groups is 1. The summed E-state index contributed by atoms with van der Waals surface area (Å²) in [4.78, 5) is 50.3. The number of aromatic hydroxyl groups is 1. The number of phenols is 1. The highest BCUT2D eigenvalue weighted by atomic mass is 32.2. The normalized spacial score (nSPS) is 14.0. The van der Waals surface area contributed by atoms with Gasteiger partial charge in [0.05, 0.1) is 12.6 Å². The summed E-state index contributed by atoms with van der Waals surface area (Å²) in [6.07, 6.45) is 2.35. The van der Waals surface area contributed by atoms with Crippen LogP contribution in [0.2, 0.25) is 0 Å². The van der Waals surface area contributed by atoms with Crippen LogP contribution in [0.4, 0.5) is 0 Å². The molecule has 206 valence electrons. The van der Waals surface area contributed by atoms with Crippen molar-refractivity contribution < 1.29 is 34.5 Å². The Hall–Kier alpha value is -3.61. The number of phenolic OH excluding ortho intramolecular Hbond substituents is 1. The second-order valence-electron chi connectivity index (χ2n) is 8.65. The van der Waals surface area contributed by atoms with E-state index in [2.05, 4.69) is 16.0 Å². The Labute approximate surface area is 225 Å². The topological polar surface area (TPSA) is 191 Å². The highest BCUT2D eigenvalue weighted by molar-refractivity contribution is 7.98. The fourth-order valence-electron chi connectivity index (χ4n) is 3.55. The number of aliphatic hydroxyl groups is 1. The molecule has 3 amide bonds. The first kappa shape index (κ1) is 30.6. The summed E-state index contributed by atoms with van der Waals surface area (Å²) in [6.45, 7) is -0.841. The molecule has 0 bridgehead atoms. The molecule has 2 aromatic carbocycles. The molecule has 0 spiro atoms. The number of nitrogens with two attached hydrogens (primary N) is 1. The van der Waals surface area contributed by atoms with Crippen molar-refractivity contribution in [1.29, 1.82) is 0 Å². The molecule has 2 aromatic rings. The maximum absolute atomic E-state index is 13.3. The summed E-state index contributed by atoms with van der Waals surface area (Å²) in [5.41, 5.74) is 7.52. The molecule has 2 rings (SSSR count). The van der Waals surface area contributed by atoms with Gasteiger partial charge in [0.15, 0.2) is 0 Å². The van der Waals surface area contributed by atoms with E-state index in [1.165, 1.54) is 23.9 Å². The van der Waals surface area contributed by atoms with Gasteiger partial charge in [-0.05, 0) is 48.1 Å². The molecule has 38 heavy (non-hydrogen) atoms. The molecule has 0 radical (unpaired) electrons. The lowest BCUT2D eigenvalue weighted by atomic mass is 10.0. The number of hydrogen-bond acceptors (Lipinski definition) is 8. The molecule has 0 saturated carbocycles. The van der Waals surface area contributed by atoms with E-state index in [0.717, 1.165) is 5.56 Å². The predicted molar refractivity (Wildman–Crippen MR) is 143 cm³/mol. The summed E-state index contributed by atoms with van der Waals surface area (Å²) in [7, 11) is 0. The average molecular weight is 547 g/mol. The minimum Gasteiger partial charge on any atom is -0.508 e. The largest absolute Gasteiger partial charge is 0.508 e. The van der Waals surface area contributed by atoms with Gasteiger partial charge in [-0.1, -0.05) is 42.5 Å². The first-order valence-electron chi connectivity index (χ1n) is 12.0. The van der Waals surface area contributed by atoms with Crippen LogP contribution in [0.15, 0.2) is 54.6 Å². The number of carbonyl (C=O) groups excluding carboxylic acids is 3. The fourth-order valence-corrected chi connectivity index (χ4v) is 4.02. The Bertz CT molecular complexity index is 1070. The summed E-state index contributed by atoms with van der Waals surface area (Å²) in [6, 6.07) is 10.4. The molecule has 0 saturated heterocycles. The first-order valence-corrected chi connectivity index (χ1v) is 13.3. The van der Waals surface area contributed by atoms with Gasteiger partial charge in [0.2, 0.25) is 17.7 Å². The van der Waals surface area contributed by atoms with E-state index in [1.807, 2.05) is 36.6 Å². The van der Waals surface area contributed by atoms with Crippen LogP contribution < -0.4 is 21.7 Å². The van der Waals surface area contributed by atoms with E-state index < -0.39 is 54.5 Å². The Morgan fingerprint density at radius 2 is 1.37 bits per heavy atom. The number of rotatable bonds is 15. The summed E-state index contributed by atoms with van der Waals surface area (Å²) < 4.78 is 0. The lowest BCUT2D eigenvalue weighted by molar-refractivity contribution is -0.143. The van der Waals surface area contributed by atoms with Crippen molar-refractivity contribution in [2.45, 2.75) is 43.4 Å². The zero-order chi connectivity index (χ0) is 28.1. The zero-order valence-corrected chi connectivity index (χ0v) is 21.8. The van der Waals surface area contributed by atoms with E-state index in [1.54, 1.807) is 12.1 Å². The monoisotopic (exact) mass is 546 g/mol. The molecule has 11 nitrogen and oxygen atoms in total. The van der Waals surface area contributed by atoms with Gasteiger partial charge in [-0.2, -0.15) is 11.8 Å². The number of carbonyl (C=O) groups is 4. The molecule has 0 heterocycles. The van der Waals surface area contributed by atoms with Crippen LogP contribution >= 0.6 is 11.8 Å². The lowest BCUT2D eigenvalue weighted by Crippen LogP contribution is -2.58. The molecule has 0 aromatic heterocycles. The quantitative estimate of drug-likeness (QED) is 0.158. The number of benzene rings is 2. The van der Waals surface area contributed by atoms with Gasteiger partial charge in [-0.3, -0.25) is 14.4 Å². The van der Waals surface area contributed by atoms with E-state index >= 15 is 0 Å². The maximum Gasteiger partial charge on any atom is 0.328 e. The number of amides is 3. The highest BCUT2D eigenvalue weighted by Crippen LogP contribution is 2.12. The molecule has 0 fully saturated rings. The van der Waals surface area contributed by atoms with Crippen molar-refractivity contribution >= 4 is 35.5 Å². The molecular formula is C26H34N4O7S. The van der Waals surface area contributed by atoms with Crippen molar-refractivity contribution in [3.05, 3.63) is 65.7 Å². The molecule has 4 atom stereocenters. The third-order valence-electron chi connectivity index (χ3n) is 5.69. The molecular weight excluding hydrogens is 512 g/mol. The van der Waals surface area contributed by atoms with Crippen LogP contribution in [0.1, 0.15) is 17.5 Å². The number of carboxylic acids is 1. The van der Waals surface area contributed by atoms with E-state index in [0.29, 0.717) is 11.3 Å². The molecule has 0 aliphatic carbocycles. The van der Waals surface area contributed by atoms with Crippen LogP contribution in [0.25, 0.3) is 0 Å². The van der Waals surface area contributed by atoms with Gasteiger partial charge >= 0.3 is 5.97 Å². The van der Waals surface area contributed by atoms with Gasteiger partial charge < -0.3 is 37.0 Å². The number of aliphatic hydroxyl groups excluding tert-OH is 1. The molecule has 12 heteroatoms. The van der Waals surface area contributed by atoms with E-state index in [4.69, 9.17) is 5.73 Å². The Balaban J connectivity index is 2.18. The van der Waals surface area contributed by atoms with E-state index in [9.17, 15) is 34.5 Å². The number of carboxylic acid groups (broad SMARTS) is 1. The number of nitrogens with one attached hydrogen (secondary N) is 3. The SMILES string of the molecule is CSCCC(NC(=O)C(N)Cc1ccccc1)C(=O)NC(Cc1ccc(O)cc1)C(=O)NC(CO)C(=O)O. The Morgan fingerprint density at radius 3 is 1.95 bits per heavy atom. The van der Waals surface area contributed by atoms with Crippen LogP contribution in [0.5, 0.6) is 5.75 Å². The van der Waals surface area contributed by atoms with Gasteiger partial charge in [0.1, 0.15) is 23.9 Å². The molecule has 0 aliphatic heterocycles. The highest BCUT2D eigenvalue weighted by Gasteiger charge is 2.30. The zero-order valence-electron chi connectivity index (χ0n) is 21.0. The lowest BCUT2D eigenvalue weighted by Gasteiger charge is -2.25. The average Bonchev–Trinajstić information content (AvgIpc) is 2.90. The van der Waals surface area contributed by atoms with E-state index in [-0.39, 0.29) is 25.0 Å². The summed E-state index contributed by atoms with van der Waals surface area (Å²) in [5, 5.41) is 35.5. The van der Waals surface area contributed by atoms with Gasteiger partial charge in [0, 0.05) is 6.42 Å². The number of aliphatic carboxylic acids is 1. The van der Waals surface area contributed by atoms with Gasteiger partial charge in [-0.15, -0.1) is 0 Å². The fraction of sp³-hybridized carbons (Fsp3) is 0.385. The molecule has 8 N–H and O–H groups in total. The minimum absolute atomic E-state index is 0.0108. The first-order chi connectivity index (χ1) is 18.1. The molecule has 4 unspecified atom stereocenters. The van der Waals surface area contributed by atoms with Crippen LogP contribution in [-0.2, 0) is 32.0 Å². The maximum atomic E-state index is 13.3. The Kier molecular flexibility index (Phi) is 12.6.